The quantitative estimate of drug-likeness (QED) is 0.917. The van der Waals surface area contributed by atoms with E-state index in [0.717, 1.165) is 18.2 Å². The van der Waals surface area contributed by atoms with E-state index in [9.17, 15) is 13.2 Å². The zero-order valence-corrected chi connectivity index (χ0v) is 9.75. The molecule has 0 unspecified atom stereocenters. The molecule has 0 aliphatic carbocycles. The number of nitriles is 1. The Morgan fingerprint density at radius 1 is 1.05 bits per heavy atom. The summed E-state index contributed by atoms with van der Waals surface area (Å²) in [5.41, 5.74) is 0.396. The Hall–Kier alpha value is -2.48. The highest BCUT2D eigenvalue weighted by Crippen LogP contribution is 2.16. The number of benzene rings is 2. The van der Waals surface area contributed by atoms with Crippen LogP contribution in [-0.4, -0.2) is 0 Å². The van der Waals surface area contributed by atoms with Crippen LogP contribution in [0.15, 0.2) is 36.4 Å². The van der Waals surface area contributed by atoms with Crippen LogP contribution >= 0.6 is 0 Å². The zero-order chi connectivity index (χ0) is 13.8. The van der Waals surface area contributed by atoms with Gasteiger partial charge in [0.15, 0.2) is 0 Å². The molecule has 0 saturated heterocycles. The third-order valence-corrected chi connectivity index (χ3v) is 2.54. The third-order valence-electron chi connectivity index (χ3n) is 2.54. The summed E-state index contributed by atoms with van der Waals surface area (Å²) in [6.07, 6.45) is 0. The van der Waals surface area contributed by atoms with Crippen molar-refractivity contribution >= 4 is 5.69 Å². The minimum Gasteiger partial charge on any atom is -0.381 e. The number of nitrogens with one attached hydrogen (secondary N) is 1. The molecule has 1 N–H and O–H groups in total. The SMILES string of the molecule is N#Cc1cccc(CNc2cc(F)cc(F)c2)c1F. The molecule has 0 spiro atoms. The minimum atomic E-state index is -0.714. The van der Waals surface area contributed by atoms with Gasteiger partial charge in [0, 0.05) is 23.9 Å². The highest BCUT2D eigenvalue weighted by Gasteiger charge is 2.07. The van der Waals surface area contributed by atoms with Gasteiger partial charge in [-0.05, 0) is 18.2 Å². The Labute approximate surface area is 108 Å². The molecule has 0 aliphatic heterocycles. The Morgan fingerprint density at radius 2 is 1.74 bits per heavy atom. The average Bonchev–Trinajstić information content (AvgIpc) is 2.36. The van der Waals surface area contributed by atoms with Crippen LogP contribution in [-0.2, 0) is 6.54 Å². The molecule has 19 heavy (non-hydrogen) atoms. The molecule has 0 atom stereocenters. The maximum Gasteiger partial charge on any atom is 0.145 e. The maximum absolute atomic E-state index is 13.7. The highest BCUT2D eigenvalue weighted by atomic mass is 19.1. The van der Waals surface area contributed by atoms with E-state index in [2.05, 4.69) is 5.32 Å². The number of nitrogens with zero attached hydrogens (tertiary/aromatic N) is 1. The van der Waals surface area contributed by atoms with Crippen LogP contribution in [0.1, 0.15) is 11.1 Å². The van der Waals surface area contributed by atoms with Crippen molar-refractivity contribution in [2.24, 2.45) is 0 Å². The second-order valence-electron chi connectivity index (χ2n) is 3.90. The first kappa shape index (κ1) is 13.0. The van der Waals surface area contributed by atoms with Crippen LogP contribution in [0.5, 0.6) is 0 Å². The van der Waals surface area contributed by atoms with E-state index in [4.69, 9.17) is 5.26 Å². The predicted octanol–water partition coefficient (Wildman–Crippen LogP) is 3.59. The summed E-state index contributed by atoms with van der Waals surface area (Å²) >= 11 is 0. The number of rotatable bonds is 3. The fourth-order valence-electron chi connectivity index (χ4n) is 1.66. The first-order valence-electron chi connectivity index (χ1n) is 5.47. The molecule has 0 bridgehead atoms. The molecule has 2 nitrogen and oxygen atoms in total. The predicted molar refractivity (Wildman–Crippen MR) is 64.8 cm³/mol. The molecule has 96 valence electrons. The molecule has 0 amide bonds. The smallest absolute Gasteiger partial charge is 0.145 e. The van der Waals surface area contributed by atoms with Crippen molar-refractivity contribution in [1.29, 1.82) is 5.26 Å². The second kappa shape index (κ2) is 5.44. The summed E-state index contributed by atoms with van der Waals surface area (Å²) < 4.78 is 39.6. The summed E-state index contributed by atoms with van der Waals surface area (Å²) in [5, 5.41) is 11.4. The van der Waals surface area contributed by atoms with Crippen molar-refractivity contribution < 1.29 is 13.2 Å². The number of hydrogen-bond acceptors (Lipinski definition) is 2. The third kappa shape index (κ3) is 3.05. The number of anilines is 1. The summed E-state index contributed by atoms with van der Waals surface area (Å²) in [6.45, 7) is 0.0320. The van der Waals surface area contributed by atoms with Gasteiger partial charge in [-0.15, -0.1) is 0 Å². The Morgan fingerprint density at radius 3 is 2.37 bits per heavy atom. The molecule has 0 radical (unpaired) electrons. The Bertz CT molecular complexity index is 627. The van der Waals surface area contributed by atoms with E-state index in [1.54, 1.807) is 12.1 Å². The molecule has 0 fully saturated rings. The van der Waals surface area contributed by atoms with Crippen molar-refractivity contribution in [1.82, 2.24) is 0 Å². The van der Waals surface area contributed by atoms with Gasteiger partial charge in [0.05, 0.1) is 5.56 Å². The van der Waals surface area contributed by atoms with Crippen LogP contribution in [0.3, 0.4) is 0 Å². The highest BCUT2D eigenvalue weighted by molar-refractivity contribution is 5.45. The normalized spacial score (nSPS) is 10.0. The first-order chi connectivity index (χ1) is 9.10. The molecule has 5 heteroatoms. The second-order valence-corrected chi connectivity index (χ2v) is 3.90. The van der Waals surface area contributed by atoms with Gasteiger partial charge in [0.25, 0.3) is 0 Å². The van der Waals surface area contributed by atoms with Gasteiger partial charge in [-0.25, -0.2) is 13.2 Å². The van der Waals surface area contributed by atoms with E-state index in [1.165, 1.54) is 12.1 Å². The van der Waals surface area contributed by atoms with Crippen LogP contribution in [0.4, 0.5) is 18.9 Å². The van der Waals surface area contributed by atoms with Gasteiger partial charge in [0.1, 0.15) is 23.5 Å². The average molecular weight is 262 g/mol. The van der Waals surface area contributed by atoms with E-state index >= 15 is 0 Å². The first-order valence-corrected chi connectivity index (χ1v) is 5.47. The Balaban J connectivity index is 2.17. The zero-order valence-electron chi connectivity index (χ0n) is 9.75. The van der Waals surface area contributed by atoms with Gasteiger partial charge in [-0.1, -0.05) is 12.1 Å². The molecule has 2 aromatic rings. The van der Waals surface area contributed by atoms with E-state index in [-0.39, 0.29) is 23.4 Å². The molecule has 0 aliphatic rings. The lowest BCUT2D eigenvalue weighted by atomic mass is 10.1. The molecule has 0 saturated carbocycles. The number of hydrogen-bond donors (Lipinski definition) is 1. The van der Waals surface area contributed by atoms with Crippen molar-refractivity contribution in [3.8, 4) is 6.07 Å². The van der Waals surface area contributed by atoms with Gasteiger partial charge in [0.2, 0.25) is 0 Å². The molecule has 2 rings (SSSR count). The lowest BCUT2D eigenvalue weighted by molar-refractivity contribution is 0.584. The Kier molecular flexibility index (Phi) is 3.71. The van der Waals surface area contributed by atoms with Gasteiger partial charge >= 0.3 is 0 Å². The summed E-state index contributed by atoms with van der Waals surface area (Å²) in [4.78, 5) is 0. The monoisotopic (exact) mass is 262 g/mol. The lowest BCUT2D eigenvalue weighted by Gasteiger charge is -2.08. The molecular formula is C14H9F3N2. The molecule has 0 aromatic heterocycles. The van der Waals surface area contributed by atoms with Crippen molar-refractivity contribution in [3.63, 3.8) is 0 Å². The summed E-state index contributed by atoms with van der Waals surface area (Å²) in [7, 11) is 0. The van der Waals surface area contributed by atoms with Crippen LogP contribution in [0.25, 0.3) is 0 Å². The van der Waals surface area contributed by atoms with E-state index in [1.807, 2.05) is 0 Å². The minimum absolute atomic E-state index is 0.0320. The van der Waals surface area contributed by atoms with Gasteiger partial charge < -0.3 is 5.32 Å². The lowest BCUT2D eigenvalue weighted by Crippen LogP contribution is -2.03. The fourth-order valence-corrected chi connectivity index (χ4v) is 1.66. The fraction of sp³-hybridized carbons (Fsp3) is 0.0714. The molecular weight excluding hydrogens is 253 g/mol. The molecule has 2 aromatic carbocycles. The number of halogens is 3. The largest absolute Gasteiger partial charge is 0.381 e. The summed E-state index contributed by atoms with van der Waals surface area (Å²) in [6, 6.07) is 9.10. The van der Waals surface area contributed by atoms with E-state index in [0.29, 0.717) is 0 Å². The maximum atomic E-state index is 13.7. The van der Waals surface area contributed by atoms with Crippen LogP contribution in [0, 0.1) is 28.8 Å². The van der Waals surface area contributed by atoms with Gasteiger partial charge in [-0.3, -0.25) is 0 Å². The van der Waals surface area contributed by atoms with Crippen molar-refractivity contribution in [2.75, 3.05) is 5.32 Å². The van der Waals surface area contributed by atoms with Crippen LogP contribution < -0.4 is 5.32 Å². The standard InChI is InChI=1S/C14H9F3N2/c15-11-4-12(16)6-13(5-11)19-8-10-3-1-2-9(7-18)14(10)17/h1-6,19H,8H2. The van der Waals surface area contributed by atoms with Crippen molar-refractivity contribution in [3.05, 3.63) is 65.0 Å². The topological polar surface area (TPSA) is 35.8 Å². The van der Waals surface area contributed by atoms with Gasteiger partial charge in [-0.2, -0.15) is 5.26 Å². The summed E-state index contributed by atoms with van der Waals surface area (Å²) in [5.74, 6) is -2.06. The van der Waals surface area contributed by atoms with Crippen LogP contribution in [0.2, 0.25) is 0 Å². The molecule has 0 heterocycles. The van der Waals surface area contributed by atoms with E-state index < -0.39 is 17.5 Å². The van der Waals surface area contributed by atoms with Crippen molar-refractivity contribution in [2.45, 2.75) is 6.54 Å².